The maximum atomic E-state index is 13.3. The SMILES string of the molecule is COc1cc(NC(=O)C(/C(N)=N/O)C(C)C)ccc1F. The minimum absolute atomic E-state index is 0.0210. The normalized spacial score (nSPS) is 13.2. The lowest BCUT2D eigenvalue weighted by Crippen LogP contribution is -2.38. The number of hydrogen-bond donors (Lipinski definition) is 3. The summed E-state index contributed by atoms with van der Waals surface area (Å²) in [5.41, 5.74) is 5.87. The topological polar surface area (TPSA) is 96.9 Å². The van der Waals surface area contributed by atoms with Crippen LogP contribution in [0, 0.1) is 17.7 Å². The number of carbonyl (C=O) groups is 1. The standard InChI is InChI=1S/C13H18FN3O3/c1-7(2)11(12(15)17-19)13(18)16-8-4-5-9(14)10(6-8)20-3/h4-7,11,19H,1-3H3,(H2,15,17)(H,16,18). The number of anilines is 1. The predicted molar refractivity (Wildman–Crippen MR) is 73.3 cm³/mol. The summed E-state index contributed by atoms with van der Waals surface area (Å²) in [6.07, 6.45) is 0. The number of methoxy groups -OCH3 is 1. The van der Waals surface area contributed by atoms with Gasteiger partial charge in [0.05, 0.1) is 7.11 Å². The summed E-state index contributed by atoms with van der Waals surface area (Å²) in [5.74, 6) is -2.06. The fraction of sp³-hybridized carbons (Fsp3) is 0.385. The van der Waals surface area contributed by atoms with Crippen molar-refractivity contribution < 1.29 is 19.1 Å². The summed E-state index contributed by atoms with van der Waals surface area (Å²) >= 11 is 0. The van der Waals surface area contributed by atoms with Gasteiger partial charge in [-0.3, -0.25) is 4.79 Å². The Balaban J connectivity index is 2.94. The maximum absolute atomic E-state index is 13.3. The molecule has 0 aliphatic carbocycles. The molecule has 1 rings (SSSR count). The van der Waals surface area contributed by atoms with Crippen LogP contribution in [0.2, 0.25) is 0 Å². The first-order valence-electron chi connectivity index (χ1n) is 6.02. The highest BCUT2D eigenvalue weighted by Gasteiger charge is 2.27. The van der Waals surface area contributed by atoms with Crippen LogP contribution in [0.15, 0.2) is 23.4 Å². The number of rotatable bonds is 5. The molecule has 0 saturated heterocycles. The molecule has 1 aromatic carbocycles. The Morgan fingerprint density at radius 2 is 2.15 bits per heavy atom. The summed E-state index contributed by atoms with van der Waals surface area (Å²) in [5, 5.41) is 14.2. The highest BCUT2D eigenvalue weighted by atomic mass is 19.1. The van der Waals surface area contributed by atoms with E-state index in [-0.39, 0.29) is 17.5 Å². The van der Waals surface area contributed by atoms with Crippen molar-refractivity contribution >= 4 is 17.4 Å². The molecule has 0 aliphatic rings. The molecular formula is C13H18FN3O3. The third-order valence-electron chi connectivity index (χ3n) is 2.80. The number of amides is 1. The second-order valence-electron chi connectivity index (χ2n) is 4.59. The molecule has 4 N–H and O–H groups in total. The Morgan fingerprint density at radius 3 is 2.65 bits per heavy atom. The van der Waals surface area contributed by atoms with Crippen LogP contribution in [0.5, 0.6) is 5.75 Å². The second kappa shape index (κ2) is 6.74. The average Bonchev–Trinajstić information content (AvgIpc) is 2.40. The van der Waals surface area contributed by atoms with Gasteiger partial charge in [0, 0.05) is 11.8 Å². The molecule has 0 bridgehead atoms. The van der Waals surface area contributed by atoms with Gasteiger partial charge >= 0.3 is 0 Å². The summed E-state index contributed by atoms with van der Waals surface area (Å²) < 4.78 is 18.1. The van der Waals surface area contributed by atoms with Crippen LogP contribution in [-0.2, 0) is 4.79 Å². The van der Waals surface area contributed by atoms with E-state index in [1.54, 1.807) is 13.8 Å². The van der Waals surface area contributed by atoms with Crippen molar-refractivity contribution in [2.75, 3.05) is 12.4 Å². The summed E-state index contributed by atoms with van der Waals surface area (Å²) in [4.78, 5) is 12.1. The van der Waals surface area contributed by atoms with E-state index in [0.29, 0.717) is 5.69 Å². The summed E-state index contributed by atoms with van der Waals surface area (Å²) in [6, 6.07) is 3.94. The molecule has 0 radical (unpaired) electrons. The lowest BCUT2D eigenvalue weighted by atomic mass is 9.94. The number of halogens is 1. The third-order valence-corrected chi connectivity index (χ3v) is 2.80. The van der Waals surface area contributed by atoms with Crippen LogP contribution in [0.3, 0.4) is 0 Å². The van der Waals surface area contributed by atoms with Gasteiger partial charge < -0.3 is 21.0 Å². The quantitative estimate of drug-likeness (QED) is 0.332. The van der Waals surface area contributed by atoms with Gasteiger partial charge in [-0.05, 0) is 18.1 Å². The number of nitrogens with one attached hydrogen (secondary N) is 1. The van der Waals surface area contributed by atoms with Gasteiger partial charge in [0.25, 0.3) is 0 Å². The highest BCUT2D eigenvalue weighted by Crippen LogP contribution is 2.22. The van der Waals surface area contributed by atoms with Crippen molar-refractivity contribution in [2.24, 2.45) is 22.7 Å². The fourth-order valence-corrected chi connectivity index (χ4v) is 1.80. The molecular weight excluding hydrogens is 265 g/mol. The van der Waals surface area contributed by atoms with Crippen molar-refractivity contribution in [1.82, 2.24) is 0 Å². The molecule has 0 saturated carbocycles. The minimum atomic E-state index is -0.781. The molecule has 6 nitrogen and oxygen atoms in total. The van der Waals surface area contributed by atoms with Crippen LogP contribution in [0.1, 0.15) is 13.8 Å². The first kappa shape index (κ1) is 15.7. The van der Waals surface area contributed by atoms with E-state index in [9.17, 15) is 9.18 Å². The van der Waals surface area contributed by atoms with Crippen LogP contribution in [0.4, 0.5) is 10.1 Å². The van der Waals surface area contributed by atoms with E-state index < -0.39 is 17.6 Å². The molecule has 1 aromatic rings. The fourth-order valence-electron chi connectivity index (χ4n) is 1.80. The van der Waals surface area contributed by atoms with Gasteiger partial charge in [0.2, 0.25) is 5.91 Å². The van der Waals surface area contributed by atoms with Crippen molar-refractivity contribution in [3.05, 3.63) is 24.0 Å². The van der Waals surface area contributed by atoms with Gasteiger partial charge in [0.1, 0.15) is 5.92 Å². The molecule has 1 amide bonds. The molecule has 1 atom stereocenters. The number of ether oxygens (including phenoxy) is 1. The largest absolute Gasteiger partial charge is 0.494 e. The molecule has 7 heteroatoms. The Morgan fingerprint density at radius 1 is 1.50 bits per heavy atom. The van der Waals surface area contributed by atoms with E-state index in [1.165, 1.54) is 25.3 Å². The van der Waals surface area contributed by atoms with E-state index >= 15 is 0 Å². The Bertz CT molecular complexity index is 518. The van der Waals surface area contributed by atoms with E-state index in [1.807, 2.05) is 0 Å². The van der Waals surface area contributed by atoms with Gasteiger partial charge in [0.15, 0.2) is 17.4 Å². The van der Waals surface area contributed by atoms with E-state index in [4.69, 9.17) is 15.7 Å². The van der Waals surface area contributed by atoms with Gasteiger partial charge in [-0.15, -0.1) is 0 Å². The highest BCUT2D eigenvalue weighted by molar-refractivity contribution is 6.07. The van der Waals surface area contributed by atoms with Crippen LogP contribution >= 0.6 is 0 Å². The van der Waals surface area contributed by atoms with Crippen molar-refractivity contribution in [3.63, 3.8) is 0 Å². The minimum Gasteiger partial charge on any atom is -0.494 e. The summed E-state index contributed by atoms with van der Waals surface area (Å²) in [7, 11) is 1.33. The van der Waals surface area contributed by atoms with Gasteiger partial charge in [-0.25, -0.2) is 4.39 Å². The molecule has 1 unspecified atom stereocenters. The monoisotopic (exact) mass is 283 g/mol. The number of benzene rings is 1. The zero-order valence-corrected chi connectivity index (χ0v) is 11.6. The van der Waals surface area contributed by atoms with Crippen molar-refractivity contribution in [3.8, 4) is 5.75 Å². The zero-order chi connectivity index (χ0) is 15.3. The van der Waals surface area contributed by atoms with Crippen LogP contribution < -0.4 is 15.8 Å². The lowest BCUT2D eigenvalue weighted by molar-refractivity contribution is -0.119. The Labute approximate surface area is 116 Å². The lowest BCUT2D eigenvalue weighted by Gasteiger charge is -2.19. The summed E-state index contributed by atoms with van der Waals surface area (Å²) in [6.45, 7) is 3.54. The van der Waals surface area contributed by atoms with E-state index in [2.05, 4.69) is 10.5 Å². The molecule has 0 aromatic heterocycles. The van der Waals surface area contributed by atoms with Crippen molar-refractivity contribution in [2.45, 2.75) is 13.8 Å². The number of oxime groups is 1. The number of nitrogens with two attached hydrogens (primary N) is 1. The zero-order valence-electron chi connectivity index (χ0n) is 11.6. The predicted octanol–water partition coefficient (Wildman–Crippen LogP) is 1.79. The molecule has 110 valence electrons. The van der Waals surface area contributed by atoms with Crippen molar-refractivity contribution in [1.29, 1.82) is 0 Å². The molecule has 20 heavy (non-hydrogen) atoms. The number of hydrogen-bond acceptors (Lipinski definition) is 4. The van der Waals surface area contributed by atoms with E-state index in [0.717, 1.165) is 0 Å². The first-order chi connectivity index (χ1) is 9.40. The number of nitrogens with zero attached hydrogens (tertiary/aromatic N) is 1. The molecule has 0 heterocycles. The second-order valence-corrected chi connectivity index (χ2v) is 4.59. The van der Waals surface area contributed by atoms with Crippen LogP contribution in [-0.4, -0.2) is 24.1 Å². The average molecular weight is 283 g/mol. The smallest absolute Gasteiger partial charge is 0.235 e. The molecule has 0 aliphatic heterocycles. The maximum Gasteiger partial charge on any atom is 0.235 e. The molecule has 0 fully saturated rings. The van der Waals surface area contributed by atoms with Gasteiger partial charge in [-0.1, -0.05) is 19.0 Å². The van der Waals surface area contributed by atoms with Crippen LogP contribution in [0.25, 0.3) is 0 Å². The molecule has 0 spiro atoms. The Kier molecular flexibility index (Phi) is 5.31. The number of amidine groups is 1. The van der Waals surface area contributed by atoms with Gasteiger partial charge in [-0.2, -0.15) is 0 Å². The number of carbonyl (C=O) groups excluding carboxylic acids is 1. The third kappa shape index (κ3) is 3.59. The first-order valence-corrected chi connectivity index (χ1v) is 6.02. The Hall–Kier alpha value is -2.31.